The molecule has 98 valence electrons. The van der Waals surface area contributed by atoms with Crippen molar-refractivity contribution in [2.24, 2.45) is 0 Å². The van der Waals surface area contributed by atoms with Gasteiger partial charge in [0.25, 0.3) is 0 Å². The van der Waals surface area contributed by atoms with Crippen molar-refractivity contribution >= 4 is 11.4 Å². The van der Waals surface area contributed by atoms with Crippen LogP contribution in [-0.2, 0) is 6.54 Å². The largest absolute Gasteiger partial charge is 0.377 e. The third-order valence-corrected chi connectivity index (χ3v) is 2.42. The average molecular weight is 265 g/mol. The number of hydrogen-bond donors (Lipinski definition) is 1. The topological polar surface area (TPSA) is 68.1 Å². The number of halogens is 2. The highest BCUT2D eigenvalue weighted by Gasteiger charge is 2.18. The second kappa shape index (κ2) is 5.38. The molecular formula is C12H9F2N3O2. The van der Waals surface area contributed by atoms with Gasteiger partial charge in [0.2, 0.25) is 5.82 Å². The maximum atomic E-state index is 13.5. The number of nitro benzene ring substituents is 1. The third-order valence-electron chi connectivity index (χ3n) is 2.42. The number of benzene rings is 1. The van der Waals surface area contributed by atoms with Crippen LogP contribution in [0.5, 0.6) is 0 Å². The van der Waals surface area contributed by atoms with Crippen molar-refractivity contribution in [3.05, 3.63) is 64.0 Å². The lowest BCUT2D eigenvalue weighted by molar-refractivity contribution is -0.387. The first-order valence-corrected chi connectivity index (χ1v) is 5.35. The molecule has 0 fully saturated rings. The smallest absolute Gasteiger partial charge is 0.307 e. The van der Waals surface area contributed by atoms with Gasteiger partial charge in [-0.3, -0.25) is 15.1 Å². The van der Waals surface area contributed by atoms with Gasteiger partial charge in [-0.1, -0.05) is 6.07 Å². The summed E-state index contributed by atoms with van der Waals surface area (Å²) >= 11 is 0. The van der Waals surface area contributed by atoms with Crippen LogP contribution in [0.1, 0.15) is 5.69 Å². The standard InChI is InChI=1S/C12H9F2N3O2/c13-9-5-10(14)12(17(18)19)6-11(9)16-7-8-3-1-2-4-15-8/h1-6,16H,7H2. The van der Waals surface area contributed by atoms with Gasteiger partial charge in [0.15, 0.2) is 0 Å². The Morgan fingerprint density at radius 1 is 1.26 bits per heavy atom. The molecule has 2 rings (SSSR count). The maximum Gasteiger partial charge on any atom is 0.307 e. The van der Waals surface area contributed by atoms with Gasteiger partial charge < -0.3 is 5.32 Å². The Bertz CT molecular complexity index is 605. The van der Waals surface area contributed by atoms with E-state index < -0.39 is 22.2 Å². The quantitative estimate of drug-likeness (QED) is 0.681. The summed E-state index contributed by atoms with van der Waals surface area (Å²) in [5.41, 5.74) is -0.280. The fourth-order valence-corrected chi connectivity index (χ4v) is 1.50. The highest BCUT2D eigenvalue weighted by Crippen LogP contribution is 2.25. The predicted molar refractivity (Wildman–Crippen MR) is 64.6 cm³/mol. The van der Waals surface area contributed by atoms with Crippen LogP contribution < -0.4 is 5.32 Å². The zero-order valence-electron chi connectivity index (χ0n) is 9.64. The number of anilines is 1. The van der Waals surface area contributed by atoms with Gasteiger partial charge in [-0.15, -0.1) is 0 Å². The van der Waals surface area contributed by atoms with Gasteiger partial charge in [-0.05, 0) is 12.1 Å². The van der Waals surface area contributed by atoms with E-state index in [0.29, 0.717) is 11.8 Å². The Morgan fingerprint density at radius 2 is 2.05 bits per heavy atom. The predicted octanol–water partition coefficient (Wildman–Crippen LogP) is 2.88. The van der Waals surface area contributed by atoms with E-state index in [1.54, 1.807) is 24.4 Å². The fourth-order valence-electron chi connectivity index (χ4n) is 1.50. The minimum atomic E-state index is -1.20. The van der Waals surface area contributed by atoms with Crippen molar-refractivity contribution in [1.82, 2.24) is 4.98 Å². The summed E-state index contributed by atoms with van der Waals surface area (Å²) in [6, 6.07) is 6.51. The van der Waals surface area contributed by atoms with Gasteiger partial charge in [0, 0.05) is 18.3 Å². The second-order valence-corrected chi connectivity index (χ2v) is 3.72. The van der Waals surface area contributed by atoms with E-state index in [1.165, 1.54) is 0 Å². The molecule has 1 aromatic heterocycles. The van der Waals surface area contributed by atoms with E-state index >= 15 is 0 Å². The highest BCUT2D eigenvalue weighted by atomic mass is 19.1. The van der Waals surface area contributed by atoms with Crippen molar-refractivity contribution in [3.63, 3.8) is 0 Å². The van der Waals surface area contributed by atoms with Crippen LogP contribution >= 0.6 is 0 Å². The van der Waals surface area contributed by atoms with Crippen molar-refractivity contribution in [1.29, 1.82) is 0 Å². The first kappa shape index (κ1) is 12.9. The number of aromatic nitrogens is 1. The lowest BCUT2D eigenvalue weighted by Crippen LogP contribution is -2.04. The number of nitrogens with zero attached hydrogens (tertiary/aromatic N) is 2. The average Bonchev–Trinajstić information content (AvgIpc) is 2.38. The molecule has 1 aromatic carbocycles. The Hall–Kier alpha value is -2.57. The van der Waals surface area contributed by atoms with Crippen molar-refractivity contribution < 1.29 is 13.7 Å². The van der Waals surface area contributed by atoms with Crippen LogP contribution in [0.2, 0.25) is 0 Å². The number of hydrogen-bond acceptors (Lipinski definition) is 4. The first-order chi connectivity index (χ1) is 9.08. The lowest BCUT2D eigenvalue weighted by atomic mass is 10.2. The zero-order chi connectivity index (χ0) is 13.8. The maximum absolute atomic E-state index is 13.5. The molecule has 1 N–H and O–H groups in total. The van der Waals surface area contributed by atoms with Crippen molar-refractivity contribution in [2.75, 3.05) is 5.32 Å². The molecule has 2 aromatic rings. The highest BCUT2D eigenvalue weighted by molar-refractivity contribution is 5.53. The van der Waals surface area contributed by atoms with Crippen molar-refractivity contribution in [3.8, 4) is 0 Å². The molecular weight excluding hydrogens is 256 g/mol. The van der Waals surface area contributed by atoms with Gasteiger partial charge in [0.05, 0.1) is 22.8 Å². The number of nitrogens with one attached hydrogen (secondary N) is 1. The van der Waals surface area contributed by atoms with Crippen LogP contribution in [0, 0.1) is 21.7 Å². The van der Waals surface area contributed by atoms with Crippen LogP contribution in [0.3, 0.4) is 0 Å². The third kappa shape index (κ3) is 3.01. The van der Waals surface area contributed by atoms with Gasteiger partial charge in [-0.25, -0.2) is 4.39 Å². The number of pyridine rings is 1. The Kier molecular flexibility index (Phi) is 3.65. The molecule has 0 aliphatic heterocycles. The van der Waals surface area contributed by atoms with Gasteiger partial charge in [0.1, 0.15) is 5.82 Å². The van der Waals surface area contributed by atoms with Crippen LogP contribution in [0.25, 0.3) is 0 Å². The summed E-state index contributed by atoms with van der Waals surface area (Å²) in [6.07, 6.45) is 1.57. The van der Waals surface area contributed by atoms with Gasteiger partial charge >= 0.3 is 5.69 Å². The van der Waals surface area contributed by atoms with Crippen molar-refractivity contribution in [2.45, 2.75) is 6.54 Å². The molecule has 0 saturated heterocycles. The lowest BCUT2D eigenvalue weighted by Gasteiger charge is -2.07. The minimum absolute atomic E-state index is 0.140. The summed E-state index contributed by atoms with van der Waals surface area (Å²) in [6.45, 7) is 0.181. The molecule has 0 unspecified atom stereocenters. The zero-order valence-corrected chi connectivity index (χ0v) is 9.64. The molecule has 0 bridgehead atoms. The molecule has 0 radical (unpaired) electrons. The molecule has 0 atom stereocenters. The van der Waals surface area contributed by atoms with E-state index in [-0.39, 0.29) is 12.2 Å². The molecule has 0 aliphatic carbocycles. The molecule has 0 spiro atoms. The molecule has 0 saturated carbocycles. The molecule has 1 heterocycles. The van der Waals surface area contributed by atoms with Crippen LogP contribution in [-0.4, -0.2) is 9.91 Å². The summed E-state index contributed by atoms with van der Waals surface area (Å²) in [5.74, 6) is -2.09. The molecule has 7 heteroatoms. The molecule has 0 aliphatic rings. The van der Waals surface area contributed by atoms with E-state index in [0.717, 1.165) is 6.07 Å². The van der Waals surface area contributed by atoms with E-state index in [1.807, 2.05) is 0 Å². The monoisotopic (exact) mass is 265 g/mol. The number of rotatable bonds is 4. The second-order valence-electron chi connectivity index (χ2n) is 3.72. The normalized spacial score (nSPS) is 10.2. The molecule has 19 heavy (non-hydrogen) atoms. The SMILES string of the molecule is O=[N+]([O-])c1cc(NCc2ccccn2)c(F)cc1F. The Labute approximate surface area is 107 Å². The Morgan fingerprint density at radius 3 is 2.68 bits per heavy atom. The van der Waals surface area contributed by atoms with Gasteiger partial charge in [-0.2, -0.15) is 4.39 Å². The van der Waals surface area contributed by atoms with Crippen LogP contribution in [0.4, 0.5) is 20.2 Å². The summed E-state index contributed by atoms with van der Waals surface area (Å²) in [7, 11) is 0. The Balaban J connectivity index is 2.21. The van der Waals surface area contributed by atoms with Crippen LogP contribution in [0.15, 0.2) is 36.5 Å². The van der Waals surface area contributed by atoms with E-state index in [2.05, 4.69) is 10.3 Å². The fraction of sp³-hybridized carbons (Fsp3) is 0.0833. The summed E-state index contributed by atoms with van der Waals surface area (Å²) in [4.78, 5) is 13.7. The van der Waals surface area contributed by atoms with E-state index in [4.69, 9.17) is 0 Å². The first-order valence-electron chi connectivity index (χ1n) is 5.35. The van der Waals surface area contributed by atoms with E-state index in [9.17, 15) is 18.9 Å². The summed E-state index contributed by atoms with van der Waals surface area (Å²) in [5, 5.41) is 13.2. The molecule has 5 nitrogen and oxygen atoms in total. The number of nitro groups is 1. The minimum Gasteiger partial charge on any atom is -0.377 e. The molecule has 0 amide bonds. The summed E-state index contributed by atoms with van der Waals surface area (Å²) < 4.78 is 26.6.